The number of carbonyl (C=O) groups excluding carboxylic acids is 2. The van der Waals surface area contributed by atoms with Gasteiger partial charge in [0.05, 0.1) is 0 Å². The van der Waals surface area contributed by atoms with Gasteiger partial charge in [-0.3, -0.25) is 9.59 Å². The van der Waals surface area contributed by atoms with Crippen LogP contribution in [0.25, 0.3) is 0 Å². The van der Waals surface area contributed by atoms with Crippen LogP contribution in [0.2, 0.25) is 0 Å². The van der Waals surface area contributed by atoms with Crippen molar-refractivity contribution in [1.29, 1.82) is 0 Å². The minimum absolute atomic E-state index is 0.0145. The molecule has 1 aliphatic rings. The highest BCUT2D eigenvalue weighted by atomic mass is 16.4. The molecule has 1 fully saturated rings. The zero-order valence-corrected chi connectivity index (χ0v) is 12.6. The molecular weight excluding hydrogens is 274 g/mol. The molecule has 0 aliphatic carbocycles. The fraction of sp³-hybridized carbons (Fsp3) is 0.786. The SMILES string of the molecule is CCNC(=O)CCNC(=O)N1CCCCC1CCC(=O)O. The molecule has 0 radical (unpaired) electrons. The molecular formula is C14H25N3O4. The average Bonchev–Trinajstić information content (AvgIpc) is 2.45. The van der Waals surface area contributed by atoms with E-state index in [0.29, 0.717) is 26.1 Å². The second-order valence-corrected chi connectivity index (χ2v) is 5.21. The zero-order valence-electron chi connectivity index (χ0n) is 12.6. The van der Waals surface area contributed by atoms with E-state index in [1.54, 1.807) is 4.90 Å². The Labute approximate surface area is 125 Å². The summed E-state index contributed by atoms with van der Waals surface area (Å²) in [5.41, 5.74) is 0. The highest BCUT2D eigenvalue weighted by molar-refractivity contribution is 5.78. The number of piperidine rings is 1. The lowest BCUT2D eigenvalue weighted by molar-refractivity contribution is -0.137. The monoisotopic (exact) mass is 299 g/mol. The summed E-state index contributed by atoms with van der Waals surface area (Å²) in [7, 11) is 0. The van der Waals surface area contributed by atoms with Crippen LogP contribution in [0.5, 0.6) is 0 Å². The van der Waals surface area contributed by atoms with E-state index in [4.69, 9.17) is 5.11 Å². The molecule has 1 unspecified atom stereocenters. The molecule has 21 heavy (non-hydrogen) atoms. The number of nitrogens with one attached hydrogen (secondary N) is 2. The van der Waals surface area contributed by atoms with E-state index in [1.807, 2.05) is 6.92 Å². The van der Waals surface area contributed by atoms with Crippen molar-refractivity contribution in [3.63, 3.8) is 0 Å². The summed E-state index contributed by atoms with van der Waals surface area (Å²) in [6, 6.07) is -0.214. The lowest BCUT2D eigenvalue weighted by Gasteiger charge is -2.35. The number of carboxylic acids is 1. The van der Waals surface area contributed by atoms with E-state index in [-0.39, 0.29) is 30.8 Å². The van der Waals surface area contributed by atoms with Crippen molar-refractivity contribution in [3.05, 3.63) is 0 Å². The Kier molecular flexibility index (Phi) is 7.56. The van der Waals surface area contributed by atoms with Gasteiger partial charge >= 0.3 is 12.0 Å². The van der Waals surface area contributed by atoms with Crippen molar-refractivity contribution in [1.82, 2.24) is 15.5 Å². The van der Waals surface area contributed by atoms with Crippen LogP contribution in [0.4, 0.5) is 4.79 Å². The maximum atomic E-state index is 12.1. The van der Waals surface area contributed by atoms with Gasteiger partial charge in [0, 0.05) is 38.5 Å². The van der Waals surface area contributed by atoms with Gasteiger partial charge in [-0.2, -0.15) is 0 Å². The lowest BCUT2D eigenvalue weighted by atomic mass is 9.98. The highest BCUT2D eigenvalue weighted by Gasteiger charge is 2.26. The van der Waals surface area contributed by atoms with Gasteiger partial charge in [-0.1, -0.05) is 0 Å². The predicted octanol–water partition coefficient (Wildman–Crippen LogP) is 0.941. The van der Waals surface area contributed by atoms with Crippen molar-refractivity contribution in [2.75, 3.05) is 19.6 Å². The Balaban J connectivity index is 2.38. The van der Waals surface area contributed by atoms with E-state index in [0.717, 1.165) is 19.3 Å². The molecule has 3 N–H and O–H groups in total. The maximum absolute atomic E-state index is 12.1. The molecule has 1 heterocycles. The van der Waals surface area contributed by atoms with Crippen LogP contribution in [0.15, 0.2) is 0 Å². The maximum Gasteiger partial charge on any atom is 0.317 e. The van der Waals surface area contributed by atoms with Crippen molar-refractivity contribution < 1.29 is 19.5 Å². The van der Waals surface area contributed by atoms with Gasteiger partial charge in [-0.05, 0) is 32.6 Å². The van der Waals surface area contributed by atoms with Gasteiger partial charge in [-0.25, -0.2) is 4.79 Å². The van der Waals surface area contributed by atoms with E-state index in [1.165, 1.54) is 0 Å². The standard InChI is InChI=1S/C14H25N3O4/c1-2-15-12(18)8-9-16-14(21)17-10-4-3-5-11(17)6-7-13(19)20/h11H,2-10H2,1H3,(H,15,18)(H,16,21)(H,19,20). The van der Waals surface area contributed by atoms with E-state index < -0.39 is 5.97 Å². The van der Waals surface area contributed by atoms with Crippen LogP contribution in [0, 0.1) is 0 Å². The first-order valence-electron chi connectivity index (χ1n) is 7.57. The Morgan fingerprint density at radius 1 is 1.19 bits per heavy atom. The predicted molar refractivity (Wildman–Crippen MR) is 77.9 cm³/mol. The number of carboxylic acid groups (broad SMARTS) is 1. The van der Waals surface area contributed by atoms with Gasteiger partial charge in [0.2, 0.25) is 5.91 Å². The first-order valence-corrected chi connectivity index (χ1v) is 7.57. The number of amides is 3. The second-order valence-electron chi connectivity index (χ2n) is 5.21. The van der Waals surface area contributed by atoms with E-state index >= 15 is 0 Å². The summed E-state index contributed by atoms with van der Waals surface area (Å²) in [6.07, 6.45) is 3.62. The second kappa shape index (κ2) is 9.20. The Morgan fingerprint density at radius 3 is 2.62 bits per heavy atom. The number of nitrogens with zero attached hydrogens (tertiary/aromatic N) is 1. The van der Waals surface area contributed by atoms with Crippen molar-refractivity contribution in [3.8, 4) is 0 Å². The molecule has 0 aromatic carbocycles. The molecule has 1 atom stereocenters. The fourth-order valence-corrected chi connectivity index (χ4v) is 2.53. The van der Waals surface area contributed by atoms with Crippen LogP contribution in [0.3, 0.4) is 0 Å². The number of urea groups is 1. The Morgan fingerprint density at radius 2 is 1.95 bits per heavy atom. The minimum atomic E-state index is -0.836. The van der Waals surface area contributed by atoms with Crippen molar-refractivity contribution in [2.45, 2.75) is 51.5 Å². The van der Waals surface area contributed by atoms with Gasteiger partial charge in [0.25, 0.3) is 0 Å². The molecule has 3 amide bonds. The average molecular weight is 299 g/mol. The number of likely N-dealkylation sites (tertiary alicyclic amines) is 1. The van der Waals surface area contributed by atoms with Crippen LogP contribution in [0.1, 0.15) is 45.4 Å². The van der Waals surface area contributed by atoms with Gasteiger partial charge in [0.1, 0.15) is 0 Å². The molecule has 7 nitrogen and oxygen atoms in total. The van der Waals surface area contributed by atoms with Crippen LogP contribution in [-0.2, 0) is 9.59 Å². The summed E-state index contributed by atoms with van der Waals surface area (Å²) in [4.78, 5) is 35.8. The largest absolute Gasteiger partial charge is 0.481 e. The van der Waals surface area contributed by atoms with Gasteiger partial charge in [-0.15, -0.1) is 0 Å². The lowest BCUT2D eigenvalue weighted by Crippen LogP contribution is -2.49. The number of aliphatic carboxylic acids is 1. The zero-order chi connectivity index (χ0) is 15.7. The minimum Gasteiger partial charge on any atom is -0.481 e. The summed E-state index contributed by atoms with van der Waals surface area (Å²) in [5.74, 6) is -0.920. The Bertz CT molecular complexity index is 373. The first kappa shape index (κ1) is 17.3. The quantitative estimate of drug-likeness (QED) is 0.651. The molecule has 120 valence electrons. The number of hydrogen-bond acceptors (Lipinski definition) is 3. The molecule has 1 rings (SSSR count). The summed E-state index contributed by atoms with van der Waals surface area (Å²) < 4.78 is 0. The molecule has 0 bridgehead atoms. The van der Waals surface area contributed by atoms with Crippen molar-refractivity contribution >= 4 is 17.9 Å². The molecule has 1 aliphatic heterocycles. The highest BCUT2D eigenvalue weighted by Crippen LogP contribution is 2.20. The molecule has 0 aromatic rings. The van der Waals surface area contributed by atoms with Crippen LogP contribution in [-0.4, -0.2) is 53.6 Å². The van der Waals surface area contributed by atoms with Gasteiger partial charge < -0.3 is 20.6 Å². The Hall–Kier alpha value is -1.79. The third-order valence-electron chi connectivity index (χ3n) is 3.58. The molecule has 0 aromatic heterocycles. The molecule has 1 saturated heterocycles. The summed E-state index contributed by atoms with van der Waals surface area (Å²) in [5, 5.41) is 14.2. The summed E-state index contributed by atoms with van der Waals surface area (Å²) in [6.45, 7) is 3.37. The number of rotatable bonds is 7. The summed E-state index contributed by atoms with van der Waals surface area (Å²) >= 11 is 0. The third kappa shape index (κ3) is 6.46. The third-order valence-corrected chi connectivity index (χ3v) is 3.58. The van der Waals surface area contributed by atoms with Crippen LogP contribution < -0.4 is 10.6 Å². The van der Waals surface area contributed by atoms with Crippen molar-refractivity contribution in [2.24, 2.45) is 0 Å². The smallest absolute Gasteiger partial charge is 0.317 e. The molecule has 7 heteroatoms. The number of hydrogen-bond donors (Lipinski definition) is 3. The van der Waals surface area contributed by atoms with Gasteiger partial charge in [0.15, 0.2) is 0 Å². The van der Waals surface area contributed by atoms with Crippen LogP contribution >= 0.6 is 0 Å². The number of carbonyl (C=O) groups is 3. The fourth-order valence-electron chi connectivity index (χ4n) is 2.53. The normalized spacial score (nSPS) is 18.1. The van der Waals surface area contributed by atoms with E-state index in [2.05, 4.69) is 10.6 Å². The topological polar surface area (TPSA) is 98.7 Å². The molecule has 0 saturated carbocycles. The van der Waals surface area contributed by atoms with E-state index in [9.17, 15) is 14.4 Å². The first-order chi connectivity index (χ1) is 10.0. The molecule has 0 spiro atoms.